The Balaban J connectivity index is 1.45. The number of rotatable bonds is 7. The Bertz CT molecular complexity index is 1370. The van der Waals surface area contributed by atoms with Crippen LogP contribution >= 0.6 is 0 Å². The number of hydrogen-bond acceptors (Lipinski definition) is 15. The van der Waals surface area contributed by atoms with Gasteiger partial charge in [-0.25, -0.2) is 9.59 Å². The number of fused-ring (bicyclic) bond motifs is 2. The third kappa shape index (κ3) is 5.35. The van der Waals surface area contributed by atoms with Gasteiger partial charge in [-0.2, -0.15) is 0 Å². The lowest BCUT2D eigenvalue weighted by molar-refractivity contribution is -0.323. The summed E-state index contributed by atoms with van der Waals surface area (Å²) in [6, 6.07) is 4.28. The van der Waals surface area contributed by atoms with Gasteiger partial charge in [0.25, 0.3) is 0 Å². The normalized spacial score (nSPS) is 36.8. The van der Waals surface area contributed by atoms with Gasteiger partial charge in [-0.05, 0) is 26.0 Å². The van der Waals surface area contributed by atoms with Crippen LogP contribution in [0.2, 0.25) is 0 Å². The van der Waals surface area contributed by atoms with Crippen LogP contribution in [-0.4, -0.2) is 127 Å². The van der Waals surface area contributed by atoms with E-state index in [1.165, 1.54) is 12.1 Å². The fraction of sp³-hybridized carbons (Fsp3) is 0.615. The Morgan fingerprint density at radius 2 is 1.62 bits per heavy atom. The predicted molar refractivity (Wildman–Crippen MR) is 134 cm³/mol. The zero-order valence-corrected chi connectivity index (χ0v) is 22.3. The summed E-state index contributed by atoms with van der Waals surface area (Å²) in [5.41, 5.74) is -1.67. The average molecular weight is 601 g/mol. The molecule has 11 atom stereocenters. The molecule has 0 radical (unpaired) electrons. The molecule has 2 aromatic rings. The van der Waals surface area contributed by atoms with Crippen molar-refractivity contribution < 1.29 is 73.7 Å². The molecule has 0 aliphatic carbocycles. The van der Waals surface area contributed by atoms with Gasteiger partial charge in [-0.15, -0.1) is 0 Å². The Kier molecular flexibility index (Phi) is 8.23. The van der Waals surface area contributed by atoms with Crippen LogP contribution in [0.3, 0.4) is 0 Å². The van der Waals surface area contributed by atoms with Crippen molar-refractivity contribution in [2.24, 2.45) is 0 Å². The van der Waals surface area contributed by atoms with Crippen LogP contribution in [0.5, 0.6) is 11.5 Å². The van der Waals surface area contributed by atoms with Gasteiger partial charge in [-0.3, -0.25) is 0 Å². The Morgan fingerprint density at radius 3 is 2.29 bits per heavy atom. The van der Waals surface area contributed by atoms with Crippen molar-refractivity contribution in [3.8, 4) is 11.5 Å². The Labute approximate surface area is 236 Å². The van der Waals surface area contributed by atoms with E-state index in [2.05, 4.69) is 0 Å². The van der Waals surface area contributed by atoms with Crippen LogP contribution in [0.25, 0.3) is 11.0 Å². The summed E-state index contributed by atoms with van der Waals surface area (Å²) in [4.78, 5) is 23.6. The maximum absolute atomic E-state index is 12.1. The fourth-order valence-corrected chi connectivity index (χ4v) is 5.19. The van der Waals surface area contributed by atoms with Crippen molar-refractivity contribution in [1.82, 2.24) is 0 Å². The van der Waals surface area contributed by atoms with Gasteiger partial charge in [0.15, 0.2) is 23.7 Å². The smallest absolute Gasteiger partial charge is 0.336 e. The zero-order valence-electron chi connectivity index (χ0n) is 22.3. The first-order valence-electron chi connectivity index (χ1n) is 13.1. The van der Waals surface area contributed by atoms with Crippen molar-refractivity contribution in [2.45, 2.75) is 93.4 Å². The van der Waals surface area contributed by atoms with E-state index in [0.29, 0.717) is 10.9 Å². The first-order valence-corrected chi connectivity index (χ1v) is 13.1. The maximum Gasteiger partial charge on any atom is 0.336 e. The molecule has 0 bridgehead atoms. The molecule has 11 unspecified atom stereocenters. The van der Waals surface area contributed by atoms with Gasteiger partial charge >= 0.3 is 11.6 Å². The minimum Gasteiger partial charge on any atom is -0.483 e. The Hall–Kier alpha value is -2.90. The minimum atomic E-state index is -1.91. The summed E-state index contributed by atoms with van der Waals surface area (Å²) in [5.74, 6) is -1.73. The van der Waals surface area contributed by atoms with Crippen LogP contribution < -0.4 is 15.1 Å². The van der Waals surface area contributed by atoms with Crippen molar-refractivity contribution in [3.63, 3.8) is 0 Å². The van der Waals surface area contributed by atoms with Gasteiger partial charge in [0.2, 0.25) is 12.0 Å². The van der Waals surface area contributed by atoms with E-state index >= 15 is 0 Å². The molecule has 3 aliphatic heterocycles. The molecule has 4 heterocycles. The highest BCUT2D eigenvalue weighted by Gasteiger charge is 2.51. The standard InChI is InChI=1S/C26H32O16/c1-26(2,42-25-18(34)15(31)16(32)21(40-25)23(35)36)11-6-9-5-8-3-4-12(28)39-19(8)22(20(9)38-11)41-24-17(33)14(30)13(29)10(7-27)37-24/h3-5,10-11,13-18,21,24-25,27,29-34H,6-7H2,1-2H3,(H,35,36). The summed E-state index contributed by atoms with van der Waals surface area (Å²) < 4.78 is 34.0. The number of carboxylic acids is 1. The van der Waals surface area contributed by atoms with E-state index in [4.69, 9.17) is 28.1 Å². The molecular formula is C26H32O16. The largest absolute Gasteiger partial charge is 0.483 e. The first kappa shape index (κ1) is 30.6. The van der Waals surface area contributed by atoms with E-state index < -0.39 is 91.3 Å². The number of aliphatic hydroxyl groups excluding tert-OH is 7. The monoisotopic (exact) mass is 600 g/mol. The molecule has 1 aromatic heterocycles. The predicted octanol–water partition coefficient (Wildman–Crippen LogP) is -3.04. The van der Waals surface area contributed by atoms with E-state index in [-0.39, 0.29) is 23.5 Å². The summed E-state index contributed by atoms with van der Waals surface area (Å²) in [7, 11) is 0. The molecule has 2 fully saturated rings. The summed E-state index contributed by atoms with van der Waals surface area (Å²) in [6.45, 7) is 2.39. The van der Waals surface area contributed by atoms with E-state index in [1.54, 1.807) is 19.9 Å². The highest BCUT2D eigenvalue weighted by molar-refractivity contribution is 5.87. The minimum absolute atomic E-state index is 0.0412. The number of carbonyl (C=O) groups is 1. The number of ether oxygens (including phenoxy) is 5. The highest BCUT2D eigenvalue weighted by atomic mass is 16.7. The second-order valence-electron chi connectivity index (χ2n) is 10.9. The van der Waals surface area contributed by atoms with Crippen molar-refractivity contribution in [2.75, 3.05) is 6.61 Å². The number of hydrogen-bond donors (Lipinski definition) is 8. The van der Waals surface area contributed by atoms with E-state index in [0.717, 1.165) is 0 Å². The van der Waals surface area contributed by atoms with E-state index in [1.807, 2.05) is 0 Å². The van der Waals surface area contributed by atoms with Crippen molar-refractivity contribution in [1.29, 1.82) is 0 Å². The van der Waals surface area contributed by atoms with Crippen LogP contribution in [0.15, 0.2) is 27.4 Å². The zero-order chi connectivity index (χ0) is 30.7. The number of carboxylic acid groups (broad SMARTS) is 1. The lowest BCUT2D eigenvalue weighted by Gasteiger charge is -2.42. The first-order chi connectivity index (χ1) is 19.7. The molecule has 0 spiro atoms. The van der Waals surface area contributed by atoms with Crippen molar-refractivity contribution in [3.05, 3.63) is 34.2 Å². The molecule has 8 N–H and O–H groups in total. The van der Waals surface area contributed by atoms with Crippen LogP contribution in [0.4, 0.5) is 0 Å². The van der Waals surface area contributed by atoms with Gasteiger partial charge in [0.05, 0.1) is 6.61 Å². The van der Waals surface area contributed by atoms with Crippen molar-refractivity contribution >= 4 is 16.9 Å². The summed E-state index contributed by atoms with van der Waals surface area (Å²) >= 11 is 0. The lowest BCUT2D eigenvalue weighted by atomic mass is 9.95. The molecule has 42 heavy (non-hydrogen) atoms. The molecule has 16 heteroatoms. The van der Waals surface area contributed by atoms with Gasteiger partial charge in [-0.1, -0.05) is 0 Å². The second-order valence-corrected chi connectivity index (χ2v) is 10.9. The molecule has 5 rings (SSSR count). The van der Waals surface area contributed by atoms with Crippen LogP contribution in [-0.2, 0) is 25.4 Å². The summed E-state index contributed by atoms with van der Waals surface area (Å²) in [6.07, 6.45) is -18.0. The van der Waals surface area contributed by atoms with Gasteiger partial charge in [0.1, 0.15) is 54.4 Å². The molecule has 16 nitrogen and oxygen atoms in total. The molecule has 1 aromatic carbocycles. The molecule has 3 aliphatic rings. The number of aliphatic carboxylic acids is 1. The third-order valence-electron chi connectivity index (χ3n) is 7.65. The number of aliphatic hydroxyl groups is 7. The SMILES string of the molecule is CC(C)(OC1OC(C(=O)O)C(O)C(O)C1O)C1Cc2cc3ccc(=O)oc3c(OC3OC(CO)C(O)C(O)C3O)c2O1. The third-order valence-corrected chi connectivity index (χ3v) is 7.65. The Morgan fingerprint density at radius 1 is 0.952 bits per heavy atom. The number of benzene rings is 1. The summed E-state index contributed by atoms with van der Waals surface area (Å²) in [5, 5.41) is 80.7. The van der Waals surface area contributed by atoms with E-state index in [9.17, 15) is 50.4 Å². The maximum atomic E-state index is 12.1. The molecular weight excluding hydrogens is 568 g/mol. The fourth-order valence-electron chi connectivity index (χ4n) is 5.19. The molecule has 2 saturated heterocycles. The van der Waals surface area contributed by atoms with Crippen LogP contribution in [0, 0.1) is 0 Å². The topological polar surface area (TPSA) is 255 Å². The second kappa shape index (κ2) is 11.3. The lowest BCUT2D eigenvalue weighted by Crippen LogP contribution is -2.62. The molecule has 232 valence electrons. The highest BCUT2D eigenvalue weighted by Crippen LogP contribution is 2.47. The average Bonchev–Trinajstić information content (AvgIpc) is 3.38. The molecule has 0 saturated carbocycles. The van der Waals surface area contributed by atoms with Gasteiger partial charge in [0, 0.05) is 23.4 Å². The van der Waals surface area contributed by atoms with Gasteiger partial charge < -0.3 is 69.0 Å². The molecule has 0 amide bonds. The van der Waals surface area contributed by atoms with Crippen LogP contribution in [0.1, 0.15) is 19.4 Å². The quantitative estimate of drug-likeness (QED) is 0.147.